The van der Waals surface area contributed by atoms with Crippen molar-refractivity contribution in [2.75, 3.05) is 29.9 Å². The molecule has 0 atom stereocenters. The lowest BCUT2D eigenvalue weighted by atomic mass is 10.1. The van der Waals surface area contributed by atoms with Gasteiger partial charge in [0.05, 0.1) is 6.54 Å². The topological polar surface area (TPSA) is 63.1 Å². The summed E-state index contributed by atoms with van der Waals surface area (Å²) in [7, 11) is 1.92. The Labute approximate surface area is 140 Å². The van der Waals surface area contributed by atoms with Gasteiger partial charge in [0.15, 0.2) is 5.82 Å². The predicted octanol–water partition coefficient (Wildman–Crippen LogP) is 1.92. The number of aryl methyl sites for hydroxylation is 2. The van der Waals surface area contributed by atoms with E-state index in [1.807, 2.05) is 53.4 Å². The smallest absolute Gasteiger partial charge is 0.253 e. The molecular formula is C16H21N5OS. The van der Waals surface area contributed by atoms with Crippen LogP contribution in [0.3, 0.4) is 0 Å². The number of amides is 1. The fourth-order valence-electron chi connectivity index (χ4n) is 2.59. The lowest BCUT2D eigenvalue weighted by Gasteiger charge is -2.26. The molecule has 2 heterocycles. The van der Waals surface area contributed by atoms with Crippen LogP contribution in [-0.2, 0) is 13.6 Å². The summed E-state index contributed by atoms with van der Waals surface area (Å²) < 4.78 is 1.88. The van der Waals surface area contributed by atoms with E-state index in [1.165, 1.54) is 0 Å². The minimum Gasteiger partial charge on any atom is -0.378 e. The summed E-state index contributed by atoms with van der Waals surface area (Å²) in [5.74, 6) is 3.06. The Kier molecular flexibility index (Phi) is 4.85. The summed E-state index contributed by atoms with van der Waals surface area (Å²) >= 11 is 1.91. The zero-order valence-corrected chi connectivity index (χ0v) is 14.3. The third-order valence-electron chi connectivity index (χ3n) is 4.01. The molecule has 0 bridgehead atoms. The van der Waals surface area contributed by atoms with Crippen LogP contribution in [0.15, 0.2) is 24.5 Å². The highest BCUT2D eigenvalue weighted by molar-refractivity contribution is 7.99. The van der Waals surface area contributed by atoms with E-state index in [0.717, 1.165) is 47.2 Å². The van der Waals surface area contributed by atoms with Crippen molar-refractivity contribution in [2.24, 2.45) is 7.05 Å². The number of thioether (sulfide) groups is 1. The molecule has 1 amide bonds. The second-order valence-electron chi connectivity index (χ2n) is 5.65. The average molecular weight is 331 g/mol. The molecule has 1 fully saturated rings. The molecule has 0 unspecified atom stereocenters. The zero-order chi connectivity index (χ0) is 16.2. The van der Waals surface area contributed by atoms with Crippen LogP contribution >= 0.6 is 11.8 Å². The molecule has 1 aliphatic heterocycles. The maximum Gasteiger partial charge on any atom is 0.253 e. The Morgan fingerprint density at radius 1 is 1.35 bits per heavy atom. The molecule has 122 valence electrons. The molecule has 0 saturated carbocycles. The fourth-order valence-corrected chi connectivity index (χ4v) is 3.49. The first-order chi connectivity index (χ1) is 11.1. The van der Waals surface area contributed by atoms with Crippen LogP contribution in [0.1, 0.15) is 21.7 Å². The summed E-state index contributed by atoms with van der Waals surface area (Å²) in [6, 6.07) is 5.83. The highest BCUT2D eigenvalue weighted by atomic mass is 32.2. The number of hydrogen-bond donors (Lipinski definition) is 1. The molecule has 1 N–H and O–H groups in total. The van der Waals surface area contributed by atoms with E-state index in [1.54, 1.807) is 6.33 Å². The Hall–Kier alpha value is -2.02. The molecule has 1 aromatic carbocycles. The lowest BCUT2D eigenvalue weighted by Crippen LogP contribution is -2.37. The van der Waals surface area contributed by atoms with Crippen molar-refractivity contribution in [3.63, 3.8) is 0 Å². The number of benzene rings is 1. The van der Waals surface area contributed by atoms with Gasteiger partial charge in [-0.15, -0.1) is 10.2 Å². The van der Waals surface area contributed by atoms with E-state index in [0.29, 0.717) is 6.54 Å². The minimum absolute atomic E-state index is 0.133. The number of carbonyl (C=O) groups is 1. The van der Waals surface area contributed by atoms with E-state index < -0.39 is 0 Å². The quantitative estimate of drug-likeness (QED) is 0.927. The molecule has 1 aliphatic rings. The van der Waals surface area contributed by atoms with Crippen LogP contribution in [0.4, 0.5) is 5.69 Å². The number of carbonyl (C=O) groups excluding carboxylic acids is 1. The second kappa shape index (κ2) is 7.04. The lowest BCUT2D eigenvalue weighted by molar-refractivity contribution is 0.0772. The van der Waals surface area contributed by atoms with Crippen molar-refractivity contribution in [1.29, 1.82) is 0 Å². The molecule has 0 spiro atoms. The first-order valence-corrected chi connectivity index (χ1v) is 8.85. The number of anilines is 1. The molecule has 0 radical (unpaired) electrons. The highest BCUT2D eigenvalue weighted by Gasteiger charge is 2.18. The van der Waals surface area contributed by atoms with Gasteiger partial charge in [0.25, 0.3) is 5.91 Å². The van der Waals surface area contributed by atoms with Gasteiger partial charge in [-0.3, -0.25) is 4.79 Å². The molecule has 0 aliphatic carbocycles. The van der Waals surface area contributed by atoms with Crippen molar-refractivity contribution < 1.29 is 4.79 Å². The molecule has 1 aromatic heterocycles. The van der Waals surface area contributed by atoms with Crippen molar-refractivity contribution >= 4 is 23.4 Å². The van der Waals surface area contributed by atoms with E-state index in [2.05, 4.69) is 15.5 Å². The monoisotopic (exact) mass is 331 g/mol. The van der Waals surface area contributed by atoms with Gasteiger partial charge in [-0.1, -0.05) is 0 Å². The van der Waals surface area contributed by atoms with Crippen LogP contribution in [0, 0.1) is 6.92 Å². The van der Waals surface area contributed by atoms with Gasteiger partial charge in [-0.25, -0.2) is 0 Å². The predicted molar refractivity (Wildman–Crippen MR) is 92.7 cm³/mol. The number of rotatable bonds is 4. The number of aromatic nitrogens is 3. The van der Waals surface area contributed by atoms with E-state index in [9.17, 15) is 4.79 Å². The van der Waals surface area contributed by atoms with Crippen molar-refractivity contribution in [1.82, 2.24) is 19.7 Å². The molecule has 6 nitrogen and oxygen atoms in total. The van der Waals surface area contributed by atoms with E-state index in [-0.39, 0.29) is 5.91 Å². The largest absolute Gasteiger partial charge is 0.378 e. The number of hydrogen-bond acceptors (Lipinski definition) is 5. The summed E-state index contributed by atoms with van der Waals surface area (Å²) in [6.07, 6.45) is 1.68. The van der Waals surface area contributed by atoms with Crippen LogP contribution in [0.5, 0.6) is 0 Å². The van der Waals surface area contributed by atoms with Gasteiger partial charge >= 0.3 is 0 Å². The summed E-state index contributed by atoms with van der Waals surface area (Å²) in [6.45, 7) is 4.30. The van der Waals surface area contributed by atoms with Gasteiger partial charge in [0, 0.05) is 42.9 Å². The van der Waals surface area contributed by atoms with Gasteiger partial charge in [0.1, 0.15) is 6.33 Å². The Balaban J connectivity index is 1.67. The third-order valence-corrected chi connectivity index (χ3v) is 4.96. The average Bonchev–Trinajstić information content (AvgIpc) is 2.99. The van der Waals surface area contributed by atoms with Crippen LogP contribution in [-0.4, -0.2) is 50.2 Å². The van der Waals surface area contributed by atoms with Crippen LogP contribution in [0.25, 0.3) is 0 Å². The second-order valence-corrected chi connectivity index (χ2v) is 6.87. The minimum atomic E-state index is 0.133. The first kappa shape index (κ1) is 15.9. The van der Waals surface area contributed by atoms with Gasteiger partial charge in [0.2, 0.25) is 0 Å². The maximum absolute atomic E-state index is 12.5. The Morgan fingerprint density at radius 2 is 2.13 bits per heavy atom. The Morgan fingerprint density at radius 3 is 2.78 bits per heavy atom. The molecular weight excluding hydrogens is 310 g/mol. The third kappa shape index (κ3) is 3.67. The molecule has 7 heteroatoms. The maximum atomic E-state index is 12.5. The summed E-state index contributed by atoms with van der Waals surface area (Å²) in [4.78, 5) is 14.5. The first-order valence-electron chi connectivity index (χ1n) is 7.69. The van der Waals surface area contributed by atoms with Gasteiger partial charge < -0.3 is 14.8 Å². The van der Waals surface area contributed by atoms with Crippen LogP contribution in [0.2, 0.25) is 0 Å². The summed E-state index contributed by atoms with van der Waals surface area (Å²) in [5.41, 5.74) is 2.83. The van der Waals surface area contributed by atoms with Crippen molar-refractivity contribution in [2.45, 2.75) is 13.5 Å². The standard InChI is InChI=1S/C16H21N5OS/c1-12-9-13(16(22)21-5-7-23-8-6-21)3-4-14(12)17-10-15-19-18-11-20(15)2/h3-4,9,11,17H,5-8,10H2,1-2H3. The molecule has 2 aromatic rings. The number of nitrogens with one attached hydrogen (secondary N) is 1. The van der Waals surface area contributed by atoms with E-state index >= 15 is 0 Å². The van der Waals surface area contributed by atoms with Crippen molar-refractivity contribution in [3.8, 4) is 0 Å². The Bertz CT molecular complexity index is 694. The molecule has 3 rings (SSSR count). The zero-order valence-electron chi connectivity index (χ0n) is 13.5. The number of nitrogens with zero attached hydrogens (tertiary/aromatic N) is 4. The normalized spacial score (nSPS) is 14.8. The molecule has 23 heavy (non-hydrogen) atoms. The summed E-state index contributed by atoms with van der Waals surface area (Å²) in [5, 5.41) is 11.3. The van der Waals surface area contributed by atoms with Crippen LogP contribution < -0.4 is 5.32 Å². The SMILES string of the molecule is Cc1cc(C(=O)N2CCSCC2)ccc1NCc1nncn1C. The van der Waals surface area contributed by atoms with E-state index in [4.69, 9.17) is 0 Å². The highest BCUT2D eigenvalue weighted by Crippen LogP contribution is 2.19. The van der Waals surface area contributed by atoms with Crippen molar-refractivity contribution in [3.05, 3.63) is 41.5 Å². The van der Waals surface area contributed by atoms with Gasteiger partial charge in [-0.2, -0.15) is 11.8 Å². The molecule has 1 saturated heterocycles. The fraction of sp³-hybridized carbons (Fsp3) is 0.438. The van der Waals surface area contributed by atoms with Gasteiger partial charge in [-0.05, 0) is 30.7 Å².